The molecule has 30 heavy (non-hydrogen) atoms. The van der Waals surface area contributed by atoms with Crippen LogP contribution in [0.1, 0.15) is 22.3 Å². The Balaban J connectivity index is 1.43. The highest BCUT2D eigenvalue weighted by molar-refractivity contribution is 6.06. The minimum atomic E-state index is -0.0962. The first-order valence-electron chi connectivity index (χ1n) is 10.2. The Labute approximate surface area is 176 Å². The van der Waals surface area contributed by atoms with Crippen molar-refractivity contribution < 1.29 is 9.59 Å². The van der Waals surface area contributed by atoms with Gasteiger partial charge in [-0.05, 0) is 54.8 Å². The molecule has 1 aliphatic rings. The lowest BCUT2D eigenvalue weighted by Crippen LogP contribution is -2.39. The number of fused-ring (bicyclic) bond motifs is 1. The molecule has 2 amide bonds. The highest BCUT2D eigenvalue weighted by Gasteiger charge is 2.22. The van der Waals surface area contributed by atoms with Crippen LogP contribution in [0.5, 0.6) is 0 Å². The van der Waals surface area contributed by atoms with Crippen molar-refractivity contribution in [2.45, 2.75) is 12.8 Å². The number of benzene rings is 3. The number of aryl methyl sites for hydroxylation is 1. The van der Waals surface area contributed by atoms with Crippen molar-refractivity contribution >= 4 is 28.9 Å². The smallest absolute Gasteiger partial charge is 0.258 e. The first-order chi connectivity index (χ1) is 14.6. The van der Waals surface area contributed by atoms with E-state index < -0.39 is 0 Å². The minimum Gasteiger partial charge on any atom is -0.376 e. The molecule has 0 atom stereocenters. The molecule has 0 spiro atoms. The largest absolute Gasteiger partial charge is 0.376 e. The van der Waals surface area contributed by atoms with Crippen molar-refractivity contribution in [3.63, 3.8) is 0 Å². The van der Waals surface area contributed by atoms with Crippen molar-refractivity contribution in [2.24, 2.45) is 0 Å². The Morgan fingerprint density at radius 3 is 2.57 bits per heavy atom. The standard InChI is InChI=1S/C25H25N3O2/c1-27(22-13-3-2-4-14-22)25(30)20-10-7-12-21(17-20)26-18-24(29)28-16-8-11-19-9-5-6-15-23(19)28/h2-7,9-10,12-15,17,26H,8,11,16,18H2,1H3. The number of carbonyl (C=O) groups excluding carboxylic acids is 2. The fraction of sp³-hybridized carbons (Fsp3) is 0.200. The summed E-state index contributed by atoms with van der Waals surface area (Å²) in [7, 11) is 1.76. The van der Waals surface area contributed by atoms with E-state index in [1.165, 1.54) is 5.56 Å². The molecule has 5 heteroatoms. The first-order valence-corrected chi connectivity index (χ1v) is 10.2. The van der Waals surface area contributed by atoms with E-state index in [1.54, 1.807) is 24.1 Å². The summed E-state index contributed by atoms with van der Waals surface area (Å²) in [5, 5.41) is 3.18. The number of amides is 2. The highest BCUT2D eigenvalue weighted by Crippen LogP contribution is 2.26. The second-order valence-electron chi connectivity index (χ2n) is 7.41. The van der Waals surface area contributed by atoms with E-state index in [4.69, 9.17) is 0 Å². The molecule has 0 radical (unpaired) electrons. The summed E-state index contributed by atoms with van der Waals surface area (Å²) in [6.45, 7) is 0.915. The molecule has 0 unspecified atom stereocenters. The number of anilines is 3. The van der Waals surface area contributed by atoms with Gasteiger partial charge in [-0.1, -0.05) is 42.5 Å². The zero-order chi connectivity index (χ0) is 20.9. The molecule has 3 aromatic carbocycles. The number of nitrogens with zero attached hydrogens (tertiary/aromatic N) is 2. The summed E-state index contributed by atoms with van der Waals surface area (Å²) >= 11 is 0. The zero-order valence-corrected chi connectivity index (χ0v) is 17.0. The van der Waals surface area contributed by atoms with E-state index in [1.807, 2.05) is 65.6 Å². The first kappa shape index (κ1) is 19.7. The number of nitrogens with one attached hydrogen (secondary N) is 1. The number of rotatable bonds is 5. The van der Waals surface area contributed by atoms with Crippen LogP contribution >= 0.6 is 0 Å². The molecular formula is C25H25N3O2. The van der Waals surface area contributed by atoms with Crippen molar-refractivity contribution in [2.75, 3.05) is 35.3 Å². The maximum absolute atomic E-state index is 12.8. The molecule has 1 aliphatic heterocycles. The highest BCUT2D eigenvalue weighted by atomic mass is 16.2. The third-order valence-corrected chi connectivity index (χ3v) is 5.41. The van der Waals surface area contributed by atoms with Crippen LogP contribution in [0.15, 0.2) is 78.9 Å². The Morgan fingerprint density at radius 1 is 0.967 bits per heavy atom. The van der Waals surface area contributed by atoms with Gasteiger partial charge >= 0.3 is 0 Å². The van der Waals surface area contributed by atoms with Crippen LogP contribution in [-0.4, -0.2) is 32.0 Å². The SMILES string of the molecule is CN(C(=O)c1cccc(NCC(=O)N2CCCc3ccccc32)c1)c1ccccc1. The number of hydrogen-bond donors (Lipinski definition) is 1. The normalized spacial score (nSPS) is 12.8. The fourth-order valence-electron chi connectivity index (χ4n) is 3.79. The van der Waals surface area contributed by atoms with Crippen molar-refractivity contribution in [3.05, 3.63) is 90.0 Å². The average molecular weight is 399 g/mol. The van der Waals surface area contributed by atoms with Gasteiger partial charge < -0.3 is 15.1 Å². The molecule has 0 aliphatic carbocycles. The van der Waals surface area contributed by atoms with Gasteiger partial charge in [-0.25, -0.2) is 0 Å². The third-order valence-electron chi connectivity index (χ3n) is 5.41. The molecular weight excluding hydrogens is 374 g/mol. The number of hydrogen-bond acceptors (Lipinski definition) is 3. The second-order valence-corrected chi connectivity index (χ2v) is 7.41. The molecule has 0 fully saturated rings. The van der Waals surface area contributed by atoms with Crippen molar-refractivity contribution in [3.8, 4) is 0 Å². The average Bonchev–Trinajstić information content (AvgIpc) is 2.82. The minimum absolute atomic E-state index is 0.0280. The third kappa shape index (κ3) is 4.20. The monoisotopic (exact) mass is 399 g/mol. The van der Waals surface area contributed by atoms with Gasteiger partial charge in [0.2, 0.25) is 5.91 Å². The van der Waals surface area contributed by atoms with Crippen LogP contribution in [0.4, 0.5) is 17.1 Å². The van der Waals surface area contributed by atoms with Crippen LogP contribution in [0, 0.1) is 0 Å². The fourth-order valence-corrected chi connectivity index (χ4v) is 3.79. The van der Waals surface area contributed by atoms with Crippen LogP contribution in [0.2, 0.25) is 0 Å². The predicted octanol–water partition coefficient (Wildman–Crippen LogP) is 4.35. The Hall–Kier alpha value is -3.60. The number of carbonyl (C=O) groups is 2. The van der Waals surface area contributed by atoms with Crippen LogP contribution in [0.25, 0.3) is 0 Å². The summed E-state index contributed by atoms with van der Waals surface area (Å²) in [4.78, 5) is 29.1. The molecule has 1 N–H and O–H groups in total. The Kier molecular flexibility index (Phi) is 5.80. The zero-order valence-electron chi connectivity index (χ0n) is 17.0. The van der Waals surface area contributed by atoms with Gasteiger partial charge in [0.05, 0.1) is 6.54 Å². The van der Waals surface area contributed by atoms with Crippen molar-refractivity contribution in [1.29, 1.82) is 0 Å². The summed E-state index contributed by atoms with van der Waals surface area (Å²) in [5.74, 6) is -0.0681. The van der Waals surface area contributed by atoms with E-state index in [-0.39, 0.29) is 18.4 Å². The van der Waals surface area contributed by atoms with Crippen LogP contribution in [-0.2, 0) is 11.2 Å². The van der Waals surface area contributed by atoms with E-state index in [9.17, 15) is 9.59 Å². The molecule has 152 valence electrons. The van der Waals surface area contributed by atoms with Gasteiger partial charge in [-0.3, -0.25) is 9.59 Å². The molecule has 0 bridgehead atoms. The molecule has 0 saturated heterocycles. The summed E-state index contributed by atoms with van der Waals surface area (Å²) in [6, 6.07) is 24.9. The maximum atomic E-state index is 12.8. The summed E-state index contributed by atoms with van der Waals surface area (Å²) in [5.41, 5.74) is 4.38. The molecule has 3 aromatic rings. The summed E-state index contributed by atoms with van der Waals surface area (Å²) < 4.78 is 0. The lowest BCUT2D eigenvalue weighted by molar-refractivity contribution is -0.117. The lowest BCUT2D eigenvalue weighted by Gasteiger charge is -2.29. The van der Waals surface area contributed by atoms with E-state index in [0.29, 0.717) is 5.56 Å². The maximum Gasteiger partial charge on any atom is 0.258 e. The predicted molar refractivity (Wildman–Crippen MR) is 121 cm³/mol. The summed E-state index contributed by atoms with van der Waals surface area (Å²) in [6.07, 6.45) is 1.98. The van der Waals surface area contributed by atoms with Crippen LogP contribution < -0.4 is 15.1 Å². The van der Waals surface area contributed by atoms with Gasteiger partial charge in [0.25, 0.3) is 5.91 Å². The molecule has 1 heterocycles. The lowest BCUT2D eigenvalue weighted by atomic mass is 10.0. The Morgan fingerprint density at radius 2 is 1.73 bits per heavy atom. The van der Waals surface area contributed by atoms with Gasteiger partial charge in [0, 0.05) is 36.2 Å². The molecule has 5 nitrogen and oxygen atoms in total. The molecule has 0 aromatic heterocycles. The molecule has 4 rings (SSSR count). The topological polar surface area (TPSA) is 52.7 Å². The molecule has 0 saturated carbocycles. The second kappa shape index (κ2) is 8.82. The van der Waals surface area contributed by atoms with Gasteiger partial charge in [0.1, 0.15) is 0 Å². The van der Waals surface area contributed by atoms with E-state index in [2.05, 4.69) is 11.4 Å². The van der Waals surface area contributed by atoms with Crippen LogP contribution in [0.3, 0.4) is 0 Å². The van der Waals surface area contributed by atoms with Gasteiger partial charge in [0.15, 0.2) is 0 Å². The van der Waals surface area contributed by atoms with Gasteiger partial charge in [-0.2, -0.15) is 0 Å². The van der Waals surface area contributed by atoms with E-state index >= 15 is 0 Å². The quantitative estimate of drug-likeness (QED) is 0.694. The van der Waals surface area contributed by atoms with Crippen molar-refractivity contribution in [1.82, 2.24) is 0 Å². The van der Waals surface area contributed by atoms with Gasteiger partial charge in [-0.15, -0.1) is 0 Å². The Bertz CT molecular complexity index is 1050. The van der Waals surface area contributed by atoms with E-state index in [0.717, 1.165) is 36.4 Å². The number of para-hydroxylation sites is 2.